The van der Waals surface area contributed by atoms with Crippen molar-refractivity contribution in [1.82, 2.24) is 15.5 Å². The van der Waals surface area contributed by atoms with Crippen LogP contribution in [0.3, 0.4) is 0 Å². The summed E-state index contributed by atoms with van der Waals surface area (Å²) in [5.74, 6) is -0.944. The van der Waals surface area contributed by atoms with Crippen LogP contribution in [-0.2, 0) is 14.3 Å². The third-order valence-corrected chi connectivity index (χ3v) is 4.54. The Morgan fingerprint density at radius 2 is 1.87 bits per heavy atom. The molecule has 7 heteroatoms. The van der Waals surface area contributed by atoms with Gasteiger partial charge in [-0.3, -0.25) is 14.5 Å². The number of amides is 3. The van der Waals surface area contributed by atoms with E-state index in [1.54, 1.807) is 26.8 Å². The minimum Gasteiger partial charge on any atom is -0.444 e. The van der Waals surface area contributed by atoms with Crippen LogP contribution in [0.1, 0.15) is 70.2 Å². The first kappa shape index (κ1) is 26.0. The van der Waals surface area contributed by atoms with E-state index >= 15 is 0 Å². The highest BCUT2D eigenvalue weighted by molar-refractivity contribution is 5.93. The maximum absolute atomic E-state index is 13.1. The van der Waals surface area contributed by atoms with Gasteiger partial charge < -0.3 is 15.4 Å². The molecule has 0 saturated carbocycles. The highest BCUT2D eigenvalue weighted by Gasteiger charge is 2.34. The number of alkyl carbamates (subject to hydrolysis) is 1. The summed E-state index contributed by atoms with van der Waals surface area (Å²) in [6.45, 7) is 13.0. The van der Waals surface area contributed by atoms with Gasteiger partial charge in [-0.2, -0.15) is 0 Å². The van der Waals surface area contributed by atoms with Gasteiger partial charge in [0.1, 0.15) is 17.7 Å². The Kier molecular flexibility index (Phi) is 9.57. The first-order valence-corrected chi connectivity index (χ1v) is 10.5. The summed E-state index contributed by atoms with van der Waals surface area (Å²) in [6.07, 6.45) is 6.68. The van der Waals surface area contributed by atoms with Crippen LogP contribution in [0.2, 0.25) is 0 Å². The van der Waals surface area contributed by atoms with Gasteiger partial charge in [-0.1, -0.05) is 43.5 Å². The lowest BCUT2D eigenvalue weighted by molar-refractivity contribution is -0.138. The van der Waals surface area contributed by atoms with Crippen LogP contribution < -0.4 is 10.6 Å². The molecular formula is C24H35N3O4. The summed E-state index contributed by atoms with van der Waals surface area (Å²) in [4.78, 5) is 39.3. The van der Waals surface area contributed by atoms with Gasteiger partial charge in [0, 0.05) is 12.6 Å². The summed E-state index contributed by atoms with van der Waals surface area (Å²) < 4.78 is 5.21. The zero-order valence-corrected chi connectivity index (χ0v) is 19.7. The van der Waals surface area contributed by atoms with Crippen LogP contribution in [0.5, 0.6) is 0 Å². The third kappa shape index (κ3) is 7.97. The van der Waals surface area contributed by atoms with Gasteiger partial charge in [0.15, 0.2) is 0 Å². The molecule has 0 aliphatic heterocycles. The largest absolute Gasteiger partial charge is 0.444 e. The molecule has 1 aromatic rings. The SMILES string of the molecule is C#CN(C(=O)C(C)NC(=O)OC(C)(C)C)C(C(=O)NCCCC)c1ccc(C)cc1C. The van der Waals surface area contributed by atoms with Crippen molar-refractivity contribution in [1.29, 1.82) is 0 Å². The van der Waals surface area contributed by atoms with Gasteiger partial charge in [-0.05, 0) is 59.1 Å². The lowest BCUT2D eigenvalue weighted by atomic mass is 9.97. The topological polar surface area (TPSA) is 87.7 Å². The molecule has 1 rings (SSSR count). The van der Waals surface area contributed by atoms with Crippen LogP contribution in [-0.4, -0.2) is 41.0 Å². The molecule has 170 valence electrons. The zero-order valence-electron chi connectivity index (χ0n) is 19.7. The number of benzene rings is 1. The van der Waals surface area contributed by atoms with Crippen molar-refractivity contribution < 1.29 is 19.1 Å². The van der Waals surface area contributed by atoms with Crippen LogP contribution >= 0.6 is 0 Å². The van der Waals surface area contributed by atoms with Gasteiger partial charge in [0.05, 0.1) is 0 Å². The quantitative estimate of drug-likeness (QED) is 0.376. The second-order valence-electron chi connectivity index (χ2n) is 8.61. The molecule has 0 radical (unpaired) electrons. The summed E-state index contributed by atoms with van der Waals surface area (Å²) in [6, 6.07) is 5.96. The number of nitrogens with one attached hydrogen (secondary N) is 2. The van der Waals surface area contributed by atoms with E-state index in [2.05, 4.69) is 16.7 Å². The number of aryl methyl sites for hydroxylation is 2. The van der Waals surface area contributed by atoms with Gasteiger partial charge in [0.2, 0.25) is 5.91 Å². The molecule has 31 heavy (non-hydrogen) atoms. The minimum atomic E-state index is -1.02. The zero-order chi connectivity index (χ0) is 23.8. The number of hydrogen-bond donors (Lipinski definition) is 2. The summed E-state index contributed by atoms with van der Waals surface area (Å²) in [5.41, 5.74) is 1.80. The van der Waals surface area contributed by atoms with E-state index in [0.717, 1.165) is 28.9 Å². The van der Waals surface area contributed by atoms with Crippen molar-refractivity contribution in [3.8, 4) is 12.5 Å². The minimum absolute atomic E-state index is 0.365. The fraction of sp³-hybridized carbons (Fsp3) is 0.542. The molecule has 0 bridgehead atoms. The molecule has 0 saturated heterocycles. The Hall–Kier alpha value is -3.01. The second-order valence-corrected chi connectivity index (χ2v) is 8.61. The number of unbranched alkanes of at least 4 members (excludes halogenated alkanes) is 1. The average molecular weight is 430 g/mol. The van der Waals surface area contributed by atoms with Gasteiger partial charge in [-0.15, -0.1) is 0 Å². The number of terminal acetylenes is 1. The molecule has 0 aliphatic rings. The van der Waals surface area contributed by atoms with Gasteiger partial charge >= 0.3 is 6.09 Å². The molecule has 2 unspecified atom stereocenters. The molecule has 0 fully saturated rings. The smallest absolute Gasteiger partial charge is 0.408 e. The number of ether oxygens (including phenoxy) is 1. The Morgan fingerprint density at radius 3 is 2.39 bits per heavy atom. The Balaban J connectivity index is 3.21. The molecule has 0 heterocycles. The molecule has 3 amide bonds. The van der Waals surface area contributed by atoms with E-state index in [0.29, 0.717) is 12.1 Å². The van der Waals surface area contributed by atoms with Crippen molar-refractivity contribution in [3.63, 3.8) is 0 Å². The van der Waals surface area contributed by atoms with Crippen molar-refractivity contribution in [2.24, 2.45) is 0 Å². The van der Waals surface area contributed by atoms with Crippen molar-refractivity contribution in [2.75, 3.05) is 6.54 Å². The third-order valence-electron chi connectivity index (χ3n) is 4.54. The Labute approximate surface area is 185 Å². The fourth-order valence-electron chi connectivity index (χ4n) is 3.04. The summed E-state index contributed by atoms with van der Waals surface area (Å²) >= 11 is 0. The van der Waals surface area contributed by atoms with E-state index in [4.69, 9.17) is 11.2 Å². The maximum atomic E-state index is 13.1. The van der Waals surface area contributed by atoms with E-state index < -0.39 is 29.7 Å². The van der Waals surface area contributed by atoms with Crippen LogP contribution in [0.4, 0.5) is 4.79 Å². The van der Waals surface area contributed by atoms with E-state index in [-0.39, 0.29) is 5.91 Å². The highest BCUT2D eigenvalue weighted by Crippen LogP contribution is 2.26. The number of carbonyl (C=O) groups is 3. The van der Waals surface area contributed by atoms with E-state index in [1.807, 2.05) is 32.9 Å². The first-order valence-electron chi connectivity index (χ1n) is 10.5. The molecule has 2 N–H and O–H groups in total. The average Bonchev–Trinajstić information content (AvgIpc) is 2.64. The highest BCUT2D eigenvalue weighted by atomic mass is 16.6. The van der Waals surface area contributed by atoms with Crippen LogP contribution in [0.25, 0.3) is 0 Å². The lowest BCUT2D eigenvalue weighted by Gasteiger charge is -2.30. The number of hydrogen-bond acceptors (Lipinski definition) is 4. The predicted molar refractivity (Wildman–Crippen MR) is 121 cm³/mol. The van der Waals surface area contributed by atoms with Crippen molar-refractivity contribution in [2.45, 2.75) is 79.0 Å². The molecule has 7 nitrogen and oxygen atoms in total. The van der Waals surface area contributed by atoms with Crippen molar-refractivity contribution >= 4 is 17.9 Å². The Bertz CT molecular complexity index is 836. The Morgan fingerprint density at radius 1 is 1.23 bits per heavy atom. The molecule has 0 spiro atoms. The molecule has 1 aromatic carbocycles. The second kappa shape index (κ2) is 11.4. The number of rotatable bonds is 8. The first-order chi connectivity index (χ1) is 14.4. The van der Waals surface area contributed by atoms with Gasteiger partial charge in [-0.25, -0.2) is 4.79 Å². The molecule has 0 aromatic heterocycles. The van der Waals surface area contributed by atoms with Gasteiger partial charge in [0.25, 0.3) is 5.91 Å². The molecular weight excluding hydrogens is 394 g/mol. The van der Waals surface area contributed by atoms with E-state index in [9.17, 15) is 14.4 Å². The van der Waals surface area contributed by atoms with Crippen LogP contribution in [0.15, 0.2) is 18.2 Å². The fourth-order valence-corrected chi connectivity index (χ4v) is 3.04. The van der Waals surface area contributed by atoms with E-state index in [1.165, 1.54) is 6.92 Å². The lowest BCUT2D eigenvalue weighted by Crippen LogP contribution is -2.50. The standard InChI is InChI=1S/C24H35N3O4/c1-9-11-14-25-21(28)20(19-13-12-16(3)15-17(19)4)27(10-2)22(29)18(5)26-23(30)31-24(6,7)8/h2,12-13,15,18,20H,9,11,14H2,1,3-8H3,(H,25,28)(H,26,30). The number of carbonyl (C=O) groups excluding carboxylic acids is 3. The molecule has 0 aliphatic carbocycles. The molecule has 2 atom stereocenters. The normalized spacial score (nSPS) is 12.8. The van der Waals surface area contributed by atoms with Crippen LogP contribution in [0, 0.1) is 26.3 Å². The maximum Gasteiger partial charge on any atom is 0.408 e. The monoisotopic (exact) mass is 429 g/mol. The predicted octanol–water partition coefficient (Wildman–Crippen LogP) is 3.59. The number of nitrogens with zero attached hydrogens (tertiary/aromatic N) is 1. The van der Waals surface area contributed by atoms with Crippen molar-refractivity contribution in [3.05, 3.63) is 34.9 Å². The summed E-state index contributed by atoms with van der Waals surface area (Å²) in [5, 5.41) is 5.36. The summed E-state index contributed by atoms with van der Waals surface area (Å²) in [7, 11) is 0.